The molecule has 0 radical (unpaired) electrons. The van der Waals surface area contributed by atoms with Gasteiger partial charge in [0.25, 0.3) is 0 Å². The highest BCUT2D eigenvalue weighted by molar-refractivity contribution is 5.90. The first kappa shape index (κ1) is 16.5. The molecule has 1 atom stereocenters. The van der Waals surface area contributed by atoms with Gasteiger partial charge in [0.2, 0.25) is 11.9 Å². The molecule has 1 unspecified atom stereocenters. The maximum absolute atomic E-state index is 12.7. The molecule has 0 bridgehead atoms. The average molecular weight is 354 g/mol. The van der Waals surface area contributed by atoms with Crippen molar-refractivity contribution >= 4 is 22.9 Å². The van der Waals surface area contributed by atoms with Gasteiger partial charge in [-0.3, -0.25) is 14.6 Å². The summed E-state index contributed by atoms with van der Waals surface area (Å²) in [6, 6.07) is -0.0982. The minimum Gasteiger partial charge on any atom is -0.337 e. The largest absolute Gasteiger partial charge is 0.337 e. The van der Waals surface area contributed by atoms with Crippen molar-refractivity contribution in [3.8, 4) is 11.3 Å². The zero-order valence-electron chi connectivity index (χ0n) is 15.3. The number of amides is 1. The second-order valence-electron chi connectivity index (χ2n) is 6.90. The van der Waals surface area contributed by atoms with Crippen molar-refractivity contribution in [3.63, 3.8) is 0 Å². The third-order valence-electron chi connectivity index (χ3n) is 4.84. The topological polar surface area (TPSA) is 95.8 Å². The van der Waals surface area contributed by atoms with E-state index in [-0.39, 0.29) is 18.0 Å². The number of nitrogens with zero attached hydrogens (tertiary/aromatic N) is 7. The molecule has 0 aliphatic carbocycles. The summed E-state index contributed by atoms with van der Waals surface area (Å²) in [4.78, 5) is 25.7. The summed E-state index contributed by atoms with van der Waals surface area (Å²) < 4.78 is 1.73. The lowest BCUT2D eigenvalue weighted by molar-refractivity contribution is -0.135. The van der Waals surface area contributed by atoms with Gasteiger partial charge in [-0.1, -0.05) is 0 Å². The van der Waals surface area contributed by atoms with Gasteiger partial charge in [0.05, 0.1) is 12.4 Å². The Hall–Kier alpha value is -2.97. The second kappa shape index (κ2) is 6.08. The van der Waals surface area contributed by atoms with E-state index >= 15 is 0 Å². The fourth-order valence-electron chi connectivity index (χ4n) is 3.37. The molecule has 0 aromatic carbocycles. The van der Waals surface area contributed by atoms with Crippen LogP contribution in [-0.2, 0) is 11.8 Å². The number of nitrogens with one attached hydrogen (secondary N) is 1. The Morgan fingerprint density at radius 1 is 1.27 bits per heavy atom. The first-order valence-electron chi connectivity index (χ1n) is 8.73. The van der Waals surface area contributed by atoms with Crippen LogP contribution in [0, 0.1) is 0 Å². The lowest BCUT2D eigenvalue weighted by atomic mass is 10.1. The van der Waals surface area contributed by atoms with E-state index in [1.165, 1.54) is 0 Å². The van der Waals surface area contributed by atoms with Crippen LogP contribution < -0.4 is 4.90 Å². The Morgan fingerprint density at radius 3 is 2.77 bits per heavy atom. The van der Waals surface area contributed by atoms with Gasteiger partial charge in [-0.2, -0.15) is 10.2 Å². The van der Waals surface area contributed by atoms with E-state index in [4.69, 9.17) is 4.98 Å². The molecule has 9 nitrogen and oxygen atoms in total. The van der Waals surface area contributed by atoms with E-state index < -0.39 is 0 Å². The summed E-state index contributed by atoms with van der Waals surface area (Å²) in [7, 11) is 1.86. The molecule has 9 heteroatoms. The summed E-state index contributed by atoms with van der Waals surface area (Å²) in [5.41, 5.74) is 3.11. The van der Waals surface area contributed by atoms with Crippen molar-refractivity contribution in [2.45, 2.75) is 32.9 Å². The molecule has 1 saturated heterocycles. The van der Waals surface area contributed by atoms with Crippen LogP contribution >= 0.6 is 0 Å². The van der Waals surface area contributed by atoms with E-state index in [1.54, 1.807) is 17.1 Å². The molecule has 0 spiro atoms. The number of aromatic amines is 1. The van der Waals surface area contributed by atoms with Gasteiger partial charge in [-0.05, 0) is 20.8 Å². The Balaban J connectivity index is 1.70. The quantitative estimate of drug-likeness (QED) is 0.759. The van der Waals surface area contributed by atoms with Crippen molar-refractivity contribution < 1.29 is 4.79 Å². The zero-order chi connectivity index (χ0) is 18.4. The summed E-state index contributed by atoms with van der Waals surface area (Å²) in [6.07, 6.45) is 5.37. The molecule has 3 aromatic heterocycles. The van der Waals surface area contributed by atoms with Gasteiger partial charge in [-0.15, -0.1) is 0 Å². The Labute approximate surface area is 151 Å². The number of carbonyl (C=O) groups is 1. The average Bonchev–Trinajstić information content (AvgIpc) is 3.22. The van der Waals surface area contributed by atoms with Crippen molar-refractivity contribution in [2.75, 3.05) is 18.0 Å². The van der Waals surface area contributed by atoms with Gasteiger partial charge < -0.3 is 9.80 Å². The number of rotatable bonds is 3. The van der Waals surface area contributed by atoms with Gasteiger partial charge >= 0.3 is 0 Å². The molecule has 1 amide bonds. The van der Waals surface area contributed by atoms with Crippen molar-refractivity contribution in [3.05, 3.63) is 18.6 Å². The molecule has 1 aliphatic heterocycles. The number of piperazine rings is 1. The molecule has 3 aromatic rings. The number of H-pyrrole nitrogens is 1. The molecule has 136 valence electrons. The Bertz CT molecular complexity index is 959. The molecule has 26 heavy (non-hydrogen) atoms. The summed E-state index contributed by atoms with van der Waals surface area (Å²) in [5, 5.41) is 11.5. The lowest BCUT2D eigenvalue weighted by Gasteiger charge is -2.40. The number of fused-ring (bicyclic) bond motifs is 1. The Morgan fingerprint density at radius 2 is 2.08 bits per heavy atom. The van der Waals surface area contributed by atoms with E-state index in [9.17, 15) is 4.79 Å². The normalized spacial score (nSPS) is 18.3. The van der Waals surface area contributed by atoms with Gasteiger partial charge in [-0.25, -0.2) is 9.97 Å². The predicted molar refractivity (Wildman–Crippen MR) is 97.5 cm³/mol. The van der Waals surface area contributed by atoms with E-state index in [2.05, 4.69) is 20.3 Å². The van der Waals surface area contributed by atoms with E-state index in [0.717, 1.165) is 22.3 Å². The highest BCUT2D eigenvalue weighted by Crippen LogP contribution is 2.26. The standard InChI is InChI=1S/C17H22N8O/c1-10(2)24-5-6-25(11(3)16(24)26)17-18-8-13-15(20-17)14(22-21-13)12-7-19-23(4)9-12/h7-11H,5-6H2,1-4H3,(H,21,22). The number of hydrogen-bond donors (Lipinski definition) is 1. The molecule has 4 rings (SSSR count). The number of aromatic nitrogens is 6. The van der Waals surface area contributed by atoms with Crippen molar-refractivity contribution in [2.24, 2.45) is 7.05 Å². The smallest absolute Gasteiger partial charge is 0.245 e. The predicted octanol–water partition coefficient (Wildman–Crippen LogP) is 1.20. The van der Waals surface area contributed by atoms with Crippen molar-refractivity contribution in [1.29, 1.82) is 0 Å². The van der Waals surface area contributed by atoms with E-state index in [1.807, 2.05) is 43.8 Å². The zero-order valence-corrected chi connectivity index (χ0v) is 15.3. The second-order valence-corrected chi connectivity index (χ2v) is 6.90. The van der Waals surface area contributed by atoms with Crippen LogP contribution in [0.1, 0.15) is 20.8 Å². The third-order valence-corrected chi connectivity index (χ3v) is 4.84. The highest BCUT2D eigenvalue weighted by atomic mass is 16.2. The Kier molecular flexibility index (Phi) is 3.86. The molecular weight excluding hydrogens is 332 g/mol. The fourth-order valence-corrected chi connectivity index (χ4v) is 3.37. The van der Waals surface area contributed by atoms with Crippen molar-refractivity contribution in [1.82, 2.24) is 34.8 Å². The molecule has 1 fully saturated rings. The summed E-state index contributed by atoms with van der Waals surface area (Å²) in [6.45, 7) is 7.35. The maximum atomic E-state index is 12.7. The van der Waals surface area contributed by atoms with Crippen LogP contribution in [0.2, 0.25) is 0 Å². The number of hydrogen-bond acceptors (Lipinski definition) is 6. The first-order chi connectivity index (χ1) is 12.5. The van der Waals surface area contributed by atoms with Gasteiger partial charge in [0.1, 0.15) is 22.8 Å². The SMILES string of the molecule is CC(C)N1CCN(c2ncc3[nH]nc(-c4cnn(C)c4)c3n2)C(C)C1=O. The van der Waals surface area contributed by atoms with Crippen LogP contribution in [0.3, 0.4) is 0 Å². The van der Waals surface area contributed by atoms with Crippen LogP contribution in [0.15, 0.2) is 18.6 Å². The molecule has 1 aliphatic rings. The maximum Gasteiger partial charge on any atom is 0.245 e. The number of aryl methyl sites for hydroxylation is 1. The highest BCUT2D eigenvalue weighted by Gasteiger charge is 2.34. The number of anilines is 1. The van der Waals surface area contributed by atoms with Crippen LogP contribution in [0.5, 0.6) is 0 Å². The number of carbonyl (C=O) groups excluding carboxylic acids is 1. The minimum absolute atomic E-state index is 0.106. The van der Waals surface area contributed by atoms with Gasteiger partial charge in [0.15, 0.2) is 0 Å². The molecule has 4 heterocycles. The van der Waals surface area contributed by atoms with E-state index in [0.29, 0.717) is 19.0 Å². The van der Waals surface area contributed by atoms with Crippen LogP contribution in [0.4, 0.5) is 5.95 Å². The monoisotopic (exact) mass is 354 g/mol. The summed E-state index contributed by atoms with van der Waals surface area (Å²) >= 11 is 0. The van der Waals surface area contributed by atoms with Gasteiger partial charge in [0, 0.05) is 37.9 Å². The van der Waals surface area contributed by atoms with Crippen LogP contribution in [0.25, 0.3) is 22.3 Å². The first-order valence-corrected chi connectivity index (χ1v) is 8.73. The van der Waals surface area contributed by atoms with Crippen LogP contribution in [-0.4, -0.2) is 65.9 Å². The molecule has 0 saturated carbocycles. The fraction of sp³-hybridized carbons (Fsp3) is 0.471. The molecular formula is C17H22N8O. The lowest BCUT2D eigenvalue weighted by Crippen LogP contribution is -2.58. The minimum atomic E-state index is -0.294. The molecule has 1 N–H and O–H groups in total. The summed E-state index contributed by atoms with van der Waals surface area (Å²) in [5.74, 6) is 0.655. The third kappa shape index (κ3) is 2.59.